The van der Waals surface area contributed by atoms with Gasteiger partial charge in [0.25, 0.3) is 0 Å². The first-order chi connectivity index (χ1) is 18.9. The quantitative estimate of drug-likeness (QED) is 0.368. The minimum atomic E-state index is -0.531. The molecule has 1 atom stereocenters. The fraction of sp³-hybridized carbons (Fsp3) is 0.500. The zero-order valence-electron chi connectivity index (χ0n) is 24.1. The van der Waals surface area contributed by atoms with E-state index in [2.05, 4.69) is 46.5 Å². The van der Waals surface area contributed by atoms with Crippen molar-refractivity contribution in [3.63, 3.8) is 0 Å². The first kappa shape index (κ1) is 27.5. The highest BCUT2D eigenvalue weighted by atomic mass is 16.5. The van der Waals surface area contributed by atoms with Crippen molar-refractivity contribution >= 4 is 28.8 Å². The van der Waals surface area contributed by atoms with Crippen molar-refractivity contribution in [3.05, 3.63) is 41.7 Å². The number of carbonyl (C=O) groups excluding carboxylic acids is 1. The molecule has 0 saturated heterocycles. The third kappa shape index (κ3) is 5.62. The number of hydrogen-bond donors (Lipinski definition) is 3. The summed E-state index contributed by atoms with van der Waals surface area (Å²) in [6, 6.07) is 1.97. The fourth-order valence-electron chi connectivity index (χ4n) is 4.62. The van der Waals surface area contributed by atoms with Crippen LogP contribution in [0.2, 0.25) is 0 Å². The number of amides is 1. The summed E-state index contributed by atoms with van der Waals surface area (Å²) in [6.07, 6.45) is 6.67. The van der Waals surface area contributed by atoms with Crippen LogP contribution in [0.3, 0.4) is 0 Å². The number of imidazole rings is 1. The third-order valence-electron chi connectivity index (χ3n) is 6.93. The lowest BCUT2D eigenvalue weighted by atomic mass is 9.92. The molecule has 0 radical (unpaired) electrons. The number of hydrogen-bond acceptors (Lipinski definition) is 9. The molecule has 12 nitrogen and oxygen atoms in total. The lowest BCUT2D eigenvalue weighted by Gasteiger charge is -2.26. The maximum atomic E-state index is 12.3. The number of aryl methyl sites for hydroxylation is 1. The van der Waals surface area contributed by atoms with Crippen LogP contribution in [0.5, 0.6) is 11.5 Å². The Hall–Kier alpha value is -4.06. The van der Waals surface area contributed by atoms with E-state index in [0.29, 0.717) is 59.1 Å². The molecule has 1 aliphatic heterocycles. The van der Waals surface area contributed by atoms with Crippen LogP contribution in [0.4, 0.5) is 11.8 Å². The summed E-state index contributed by atoms with van der Waals surface area (Å²) in [6.45, 7) is 9.04. The zero-order valence-corrected chi connectivity index (χ0v) is 24.1. The second-order valence-corrected chi connectivity index (χ2v) is 11.5. The van der Waals surface area contributed by atoms with Gasteiger partial charge in [-0.2, -0.15) is 10.1 Å². The van der Waals surface area contributed by atoms with Gasteiger partial charge in [0, 0.05) is 49.8 Å². The average Bonchev–Trinajstić information content (AvgIpc) is 3.59. The highest BCUT2D eigenvalue weighted by molar-refractivity contribution is 5.85. The van der Waals surface area contributed by atoms with E-state index in [1.807, 2.05) is 40.4 Å². The van der Waals surface area contributed by atoms with E-state index in [1.165, 1.54) is 0 Å². The molecule has 0 bridgehead atoms. The zero-order chi connectivity index (χ0) is 28.8. The normalized spacial score (nSPS) is 16.4. The minimum Gasteiger partial charge on any atom is -0.491 e. The molecule has 1 unspecified atom stereocenters. The molecule has 1 saturated carbocycles. The Labute approximate surface area is 233 Å². The summed E-state index contributed by atoms with van der Waals surface area (Å²) in [5, 5.41) is 20.9. The Morgan fingerprint density at radius 3 is 2.67 bits per heavy atom. The first-order valence-corrected chi connectivity index (χ1v) is 13.5. The number of methoxy groups -OCH3 is 1. The number of ether oxygens (including phenoxy) is 2. The average molecular weight is 551 g/mol. The maximum Gasteiger partial charge on any atom is 0.228 e. The molecule has 4 heterocycles. The van der Waals surface area contributed by atoms with Crippen molar-refractivity contribution in [3.8, 4) is 11.5 Å². The molecule has 3 aromatic rings. The van der Waals surface area contributed by atoms with Crippen molar-refractivity contribution < 1.29 is 19.4 Å². The van der Waals surface area contributed by atoms with Gasteiger partial charge in [-0.05, 0) is 25.8 Å². The summed E-state index contributed by atoms with van der Waals surface area (Å²) in [7, 11) is 5.36. The van der Waals surface area contributed by atoms with Crippen LogP contribution >= 0.6 is 0 Å². The van der Waals surface area contributed by atoms with Crippen LogP contribution in [0.15, 0.2) is 36.0 Å². The van der Waals surface area contributed by atoms with Gasteiger partial charge in [0.15, 0.2) is 23.0 Å². The number of likely N-dealkylation sites (N-methyl/N-ethyl adjacent to an activating group) is 1. The van der Waals surface area contributed by atoms with E-state index < -0.39 is 6.10 Å². The number of allylic oxidation sites excluding steroid dienone is 1. The molecule has 3 N–H and O–H groups in total. The van der Waals surface area contributed by atoms with Gasteiger partial charge in [0.2, 0.25) is 11.9 Å². The lowest BCUT2D eigenvalue weighted by molar-refractivity contribution is -0.121. The number of nitrogens with zero attached hydrogens (tertiary/aromatic N) is 6. The summed E-state index contributed by atoms with van der Waals surface area (Å²) >= 11 is 0. The highest BCUT2D eigenvalue weighted by Gasteiger charge is 2.31. The number of rotatable bonds is 9. The Balaban J connectivity index is 1.42. The predicted molar refractivity (Wildman–Crippen MR) is 151 cm³/mol. The van der Waals surface area contributed by atoms with Gasteiger partial charge in [0.05, 0.1) is 26.0 Å². The van der Waals surface area contributed by atoms with Crippen LogP contribution in [-0.2, 0) is 23.8 Å². The van der Waals surface area contributed by atoms with Crippen molar-refractivity contribution in [1.82, 2.24) is 34.5 Å². The largest absolute Gasteiger partial charge is 0.491 e. The molecule has 1 fully saturated rings. The number of anilines is 2. The van der Waals surface area contributed by atoms with Crippen LogP contribution in [-0.4, -0.2) is 67.0 Å². The molecule has 1 amide bonds. The Bertz CT molecular complexity index is 1490. The monoisotopic (exact) mass is 550 g/mol. The summed E-state index contributed by atoms with van der Waals surface area (Å²) in [4.78, 5) is 23.5. The van der Waals surface area contributed by atoms with E-state index in [9.17, 15) is 9.90 Å². The number of nitrogens with one attached hydrogen (secondary N) is 2. The molecule has 2 aliphatic rings. The number of carbonyl (C=O) groups is 1. The molecule has 3 aromatic heterocycles. The minimum absolute atomic E-state index is 0.0419. The van der Waals surface area contributed by atoms with Crippen LogP contribution in [0.25, 0.3) is 11.2 Å². The Morgan fingerprint density at radius 2 is 2.02 bits per heavy atom. The van der Waals surface area contributed by atoms with Gasteiger partial charge >= 0.3 is 0 Å². The fourth-order valence-corrected chi connectivity index (χ4v) is 4.62. The highest BCUT2D eigenvalue weighted by Crippen LogP contribution is 2.37. The van der Waals surface area contributed by atoms with E-state index in [4.69, 9.17) is 9.47 Å². The van der Waals surface area contributed by atoms with Crippen LogP contribution < -0.4 is 20.1 Å². The number of aliphatic hydroxyl groups is 1. The smallest absolute Gasteiger partial charge is 0.228 e. The van der Waals surface area contributed by atoms with Crippen molar-refractivity contribution in [2.24, 2.45) is 13.0 Å². The molecule has 0 aromatic carbocycles. The molecular formula is C28H38N8O4. The van der Waals surface area contributed by atoms with Gasteiger partial charge in [-0.25, -0.2) is 4.98 Å². The van der Waals surface area contributed by atoms with E-state index in [-0.39, 0.29) is 17.2 Å². The molecule has 214 valence electrons. The van der Waals surface area contributed by atoms with Gasteiger partial charge in [-0.1, -0.05) is 20.8 Å². The number of aliphatic hydroxyl groups excluding tert-OH is 1. The Kier molecular flexibility index (Phi) is 7.21. The number of aromatic nitrogens is 5. The summed E-state index contributed by atoms with van der Waals surface area (Å²) in [5.74, 6) is 3.49. The SMILES string of the molecule is COc1c(OC2=CCN(C)C(NC(=O)C3CC3)=C2)cnc2nc(Nc3cc(C(C)(C)C)n(CC(C)O)n3)n(C)c12. The van der Waals surface area contributed by atoms with E-state index in [1.54, 1.807) is 26.3 Å². The maximum absolute atomic E-state index is 12.3. The van der Waals surface area contributed by atoms with Gasteiger partial charge in [-0.3, -0.25) is 9.48 Å². The van der Waals surface area contributed by atoms with Gasteiger partial charge in [-0.15, -0.1) is 0 Å². The molecular weight excluding hydrogens is 512 g/mol. The Morgan fingerprint density at radius 1 is 1.27 bits per heavy atom. The summed E-state index contributed by atoms with van der Waals surface area (Å²) < 4.78 is 15.7. The summed E-state index contributed by atoms with van der Waals surface area (Å²) in [5.41, 5.74) is 1.97. The van der Waals surface area contributed by atoms with Crippen LogP contribution in [0.1, 0.15) is 46.2 Å². The molecule has 0 spiro atoms. The van der Waals surface area contributed by atoms with Crippen LogP contribution in [0, 0.1) is 5.92 Å². The standard InChI is InChI=1S/C28H38N8O4/c1-16(37)15-36-20(28(2,3)4)13-21(33-36)30-27-32-25-23(35(27)6)24(39-7)19(14-29-25)40-18-10-11-34(5)22(12-18)31-26(38)17-8-9-17/h10,12-14,16-17,37H,8-9,11,15H2,1-7H3,(H,31,38)(H,29,30,32,33). The van der Waals surface area contributed by atoms with Crippen molar-refractivity contribution in [2.45, 2.75) is 58.6 Å². The number of pyridine rings is 1. The van der Waals surface area contributed by atoms with E-state index in [0.717, 1.165) is 18.5 Å². The van der Waals surface area contributed by atoms with E-state index >= 15 is 0 Å². The van der Waals surface area contributed by atoms with Gasteiger partial charge < -0.3 is 34.7 Å². The first-order valence-electron chi connectivity index (χ1n) is 13.5. The topological polar surface area (TPSA) is 132 Å². The second-order valence-electron chi connectivity index (χ2n) is 11.5. The second kappa shape index (κ2) is 10.5. The third-order valence-corrected chi connectivity index (χ3v) is 6.93. The van der Waals surface area contributed by atoms with Crippen molar-refractivity contribution in [2.75, 3.05) is 26.0 Å². The molecule has 40 heavy (non-hydrogen) atoms. The van der Waals surface area contributed by atoms with Crippen molar-refractivity contribution in [1.29, 1.82) is 0 Å². The molecule has 12 heteroatoms. The molecule has 1 aliphatic carbocycles. The lowest BCUT2D eigenvalue weighted by Crippen LogP contribution is -2.35. The van der Waals surface area contributed by atoms with Gasteiger partial charge in [0.1, 0.15) is 17.1 Å². The predicted octanol–water partition coefficient (Wildman–Crippen LogP) is 3.17. The number of fused-ring (bicyclic) bond motifs is 1. The molecule has 5 rings (SSSR count).